The molecule has 0 radical (unpaired) electrons. The highest BCUT2D eigenvalue weighted by Gasteiger charge is 2.36. The van der Waals surface area contributed by atoms with Crippen LogP contribution < -0.4 is 5.32 Å². The van der Waals surface area contributed by atoms with Crippen molar-refractivity contribution in [2.24, 2.45) is 0 Å². The molecule has 2 aliphatic rings. The zero-order valence-electron chi connectivity index (χ0n) is 15.4. The fourth-order valence-electron chi connectivity index (χ4n) is 4.27. The number of aryl methyl sites for hydroxylation is 2. The number of likely N-dealkylation sites (tertiary alicyclic amines) is 1. The molecule has 0 unspecified atom stereocenters. The predicted octanol–water partition coefficient (Wildman–Crippen LogP) is 2.31. The first kappa shape index (κ1) is 17.9. The van der Waals surface area contributed by atoms with Crippen LogP contribution in [-0.2, 0) is 11.3 Å². The Balaban J connectivity index is 1.62. The van der Waals surface area contributed by atoms with E-state index in [-0.39, 0.29) is 5.91 Å². The molecule has 6 heteroatoms. The fraction of sp³-hybridized carbons (Fsp3) is 0.737. The summed E-state index contributed by atoms with van der Waals surface area (Å²) in [5.74, 6) is -0.0104. The second kappa shape index (κ2) is 7.57. The van der Waals surface area contributed by atoms with Gasteiger partial charge in [-0.15, -0.1) is 0 Å². The van der Waals surface area contributed by atoms with E-state index in [4.69, 9.17) is 0 Å². The molecule has 2 heterocycles. The molecule has 0 bridgehead atoms. The number of nitrogens with zero attached hydrogens (tertiary/aromatic N) is 4. The Kier molecular flexibility index (Phi) is 5.43. The van der Waals surface area contributed by atoms with Gasteiger partial charge in [-0.25, -0.2) is 0 Å². The average Bonchev–Trinajstić information content (AvgIpc) is 3.16. The van der Waals surface area contributed by atoms with Gasteiger partial charge < -0.3 is 5.32 Å². The molecule has 1 amide bonds. The summed E-state index contributed by atoms with van der Waals surface area (Å²) in [5, 5.41) is 17.1. The van der Waals surface area contributed by atoms with Crippen molar-refractivity contribution in [1.82, 2.24) is 20.0 Å². The zero-order valence-corrected chi connectivity index (χ0v) is 15.4. The Morgan fingerprint density at radius 2 is 2.12 bits per heavy atom. The lowest BCUT2D eigenvalue weighted by Gasteiger charge is -2.36. The third kappa shape index (κ3) is 4.21. The van der Waals surface area contributed by atoms with Gasteiger partial charge in [0.15, 0.2) is 0 Å². The van der Waals surface area contributed by atoms with Crippen molar-refractivity contribution in [3.8, 4) is 6.07 Å². The van der Waals surface area contributed by atoms with Crippen molar-refractivity contribution in [3.05, 3.63) is 17.5 Å². The number of nitriles is 1. The van der Waals surface area contributed by atoms with Crippen molar-refractivity contribution in [2.45, 2.75) is 76.9 Å². The maximum atomic E-state index is 12.6. The molecule has 1 aliphatic carbocycles. The predicted molar refractivity (Wildman–Crippen MR) is 95.9 cm³/mol. The number of piperidine rings is 1. The molecular formula is C19H29N5O. The van der Waals surface area contributed by atoms with Gasteiger partial charge in [0.05, 0.1) is 24.9 Å². The van der Waals surface area contributed by atoms with E-state index < -0.39 is 5.54 Å². The number of carbonyl (C=O) groups is 1. The van der Waals surface area contributed by atoms with E-state index in [0.717, 1.165) is 57.3 Å². The van der Waals surface area contributed by atoms with Crippen LogP contribution in [-0.4, -0.2) is 45.3 Å². The Morgan fingerprint density at radius 3 is 2.76 bits per heavy atom. The summed E-state index contributed by atoms with van der Waals surface area (Å²) in [6.45, 7) is 6.25. The van der Waals surface area contributed by atoms with Crippen molar-refractivity contribution < 1.29 is 4.79 Å². The van der Waals surface area contributed by atoms with Crippen LogP contribution in [0, 0.1) is 25.2 Å². The molecule has 0 aromatic carbocycles. The van der Waals surface area contributed by atoms with Crippen LogP contribution in [0.15, 0.2) is 6.07 Å². The van der Waals surface area contributed by atoms with E-state index in [1.807, 2.05) is 6.92 Å². The average molecular weight is 343 g/mol. The number of hydrogen-bond donors (Lipinski definition) is 1. The van der Waals surface area contributed by atoms with E-state index in [1.54, 1.807) is 0 Å². The minimum atomic E-state index is -0.627. The van der Waals surface area contributed by atoms with Gasteiger partial charge in [-0.3, -0.25) is 14.4 Å². The number of nitrogens with one attached hydrogen (secondary N) is 1. The molecule has 3 rings (SSSR count). The minimum absolute atomic E-state index is 0.0104. The molecular weight excluding hydrogens is 314 g/mol. The van der Waals surface area contributed by atoms with Crippen molar-refractivity contribution in [1.29, 1.82) is 5.26 Å². The maximum Gasteiger partial charge on any atom is 0.235 e. The van der Waals surface area contributed by atoms with Crippen LogP contribution in [0.4, 0.5) is 0 Å². The van der Waals surface area contributed by atoms with Gasteiger partial charge in [-0.2, -0.15) is 10.4 Å². The van der Waals surface area contributed by atoms with E-state index in [1.165, 1.54) is 12.1 Å². The topological polar surface area (TPSA) is 74.0 Å². The number of amides is 1. The standard InChI is InChI=1S/C19H29N5O/c1-15-11-16(2)24(22-15)12-17-7-3-6-10-23(17)13-18(25)21-19(14-20)8-4-5-9-19/h11,17H,3-10,12-13H2,1-2H3,(H,21,25)/t17-/m0/s1. The first-order valence-corrected chi connectivity index (χ1v) is 9.49. The summed E-state index contributed by atoms with van der Waals surface area (Å²) in [6, 6.07) is 4.77. The SMILES string of the molecule is Cc1cc(C)n(C[C@@H]2CCCCN2CC(=O)NC2(C#N)CCCC2)n1. The molecule has 1 aromatic heterocycles. The molecule has 0 spiro atoms. The zero-order chi connectivity index (χ0) is 17.9. The number of carbonyl (C=O) groups excluding carboxylic acids is 1. The lowest BCUT2D eigenvalue weighted by atomic mass is 9.99. The highest BCUT2D eigenvalue weighted by atomic mass is 16.2. The first-order valence-electron chi connectivity index (χ1n) is 9.49. The monoisotopic (exact) mass is 343 g/mol. The van der Waals surface area contributed by atoms with Gasteiger partial charge in [0.25, 0.3) is 0 Å². The van der Waals surface area contributed by atoms with Crippen LogP contribution in [0.2, 0.25) is 0 Å². The van der Waals surface area contributed by atoms with Crippen LogP contribution >= 0.6 is 0 Å². The van der Waals surface area contributed by atoms with Gasteiger partial charge >= 0.3 is 0 Å². The van der Waals surface area contributed by atoms with E-state index in [0.29, 0.717) is 12.6 Å². The van der Waals surface area contributed by atoms with Gasteiger partial charge in [-0.1, -0.05) is 6.42 Å². The molecule has 1 saturated carbocycles. The van der Waals surface area contributed by atoms with Gasteiger partial charge in [0.1, 0.15) is 5.54 Å². The van der Waals surface area contributed by atoms with Crippen LogP contribution in [0.3, 0.4) is 0 Å². The number of aromatic nitrogens is 2. The quantitative estimate of drug-likeness (QED) is 0.890. The largest absolute Gasteiger partial charge is 0.337 e. The molecule has 1 saturated heterocycles. The second-order valence-corrected chi connectivity index (χ2v) is 7.68. The Labute approximate surface area is 150 Å². The Morgan fingerprint density at radius 1 is 1.36 bits per heavy atom. The van der Waals surface area contributed by atoms with Crippen molar-refractivity contribution >= 4 is 5.91 Å². The van der Waals surface area contributed by atoms with Gasteiger partial charge in [-0.05, 0) is 65.0 Å². The highest BCUT2D eigenvalue weighted by molar-refractivity contribution is 5.79. The third-order valence-corrected chi connectivity index (χ3v) is 5.63. The molecule has 2 fully saturated rings. The summed E-state index contributed by atoms with van der Waals surface area (Å²) in [6.07, 6.45) is 7.04. The second-order valence-electron chi connectivity index (χ2n) is 7.68. The molecule has 6 nitrogen and oxygen atoms in total. The highest BCUT2D eigenvalue weighted by Crippen LogP contribution is 2.29. The van der Waals surface area contributed by atoms with E-state index in [9.17, 15) is 10.1 Å². The summed E-state index contributed by atoms with van der Waals surface area (Å²) >= 11 is 0. The minimum Gasteiger partial charge on any atom is -0.337 e. The lowest BCUT2D eigenvalue weighted by molar-refractivity contribution is -0.124. The molecule has 1 aromatic rings. The summed E-state index contributed by atoms with van der Waals surface area (Å²) in [7, 11) is 0. The summed E-state index contributed by atoms with van der Waals surface area (Å²) in [4.78, 5) is 14.8. The lowest BCUT2D eigenvalue weighted by Crippen LogP contribution is -2.52. The fourth-order valence-corrected chi connectivity index (χ4v) is 4.27. The van der Waals surface area contributed by atoms with Crippen LogP contribution in [0.5, 0.6) is 0 Å². The number of hydrogen-bond acceptors (Lipinski definition) is 4. The molecule has 25 heavy (non-hydrogen) atoms. The van der Waals surface area contributed by atoms with Crippen molar-refractivity contribution in [3.63, 3.8) is 0 Å². The molecule has 1 atom stereocenters. The maximum absolute atomic E-state index is 12.6. The van der Waals surface area contributed by atoms with E-state index >= 15 is 0 Å². The normalized spacial score (nSPS) is 23.3. The van der Waals surface area contributed by atoms with Crippen LogP contribution in [0.25, 0.3) is 0 Å². The van der Waals surface area contributed by atoms with E-state index in [2.05, 4.69) is 39.1 Å². The first-order chi connectivity index (χ1) is 12.0. The third-order valence-electron chi connectivity index (χ3n) is 5.63. The van der Waals surface area contributed by atoms with Gasteiger partial charge in [0, 0.05) is 11.7 Å². The molecule has 1 N–H and O–H groups in total. The smallest absolute Gasteiger partial charge is 0.235 e. The number of rotatable bonds is 5. The Hall–Kier alpha value is -1.87. The van der Waals surface area contributed by atoms with Crippen LogP contribution in [0.1, 0.15) is 56.3 Å². The summed E-state index contributed by atoms with van der Waals surface area (Å²) < 4.78 is 2.06. The van der Waals surface area contributed by atoms with Crippen molar-refractivity contribution in [2.75, 3.05) is 13.1 Å². The van der Waals surface area contributed by atoms with Gasteiger partial charge in [0.2, 0.25) is 5.91 Å². The Bertz CT molecular complexity index is 653. The molecule has 136 valence electrons. The molecule has 1 aliphatic heterocycles. The summed E-state index contributed by atoms with van der Waals surface area (Å²) in [5.41, 5.74) is 1.58.